The second-order valence-corrected chi connectivity index (χ2v) is 5.35. The summed E-state index contributed by atoms with van der Waals surface area (Å²) >= 11 is 0. The van der Waals surface area contributed by atoms with Gasteiger partial charge >= 0.3 is 0 Å². The van der Waals surface area contributed by atoms with Crippen molar-refractivity contribution in [1.29, 1.82) is 0 Å². The summed E-state index contributed by atoms with van der Waals surface area (Å²) in [5, 5.41) is 2.92. The molecular weight excluding hydrogens is 292 g/mol. The van der Waals surface area contributed by atoms with Crippen LogP contribution in [0.5, 0.6) is 5.75 Å². The predicted octanol–water partition coefficient (Wildman–Crippen LogP) is 3.43. The number of nitrogens with one attached hydrogen (secondary N) is 1. The van der Waals surface area contributed by atoms with Crippen LogP contribution in [0.15, 0.2) is 47.1 Å². The maximum Gasteiger partial charge on any atom is 0.268 e. The van der Waals surface area contributed by atoms with Crippen LogP contribution in [0, 0.1) is 0 Å². The summed E-state index contributed by atoms with van der Waals surface area (Å²) in [6, 6.07) is 11.5. The number of furan rings is 1. The van der Waals surface area contributed by atoms with E-state index in [0.717, 1.165) is 23.3 Å². The third-order valence-corrected chi connectivity index (χ3v) is 3.81. The van der Waals surface area contributed by atoms with Crippen molar-refractivity contribution in [1.82, 2.24) is 9.88 Å². The monoisotopic (exact) mass is 312 g/mol. The molecule has 3 rings (SSSR count). The molecule has 0 bridgehead atoms. The predicted molar refractivity (Wildman–Crippen MR) is 88.9 cm³/mol. The van der Waals surface area contributed by atoms with Gasteiger partial charge < -0.3 is 19.0 Å². The highest BCUT2D eigenvalue weighted by atomic mass is 16.5. The number of hydrogen-bond donors (Lipinski definition) is 1. The van der Waals surface area contributed by atoms with Crippen molar-refractivity contribution in [2.75, 3.05) is 13.7 Å². The van der Waals surface area contributed by atoms with Crippen LogP contribution < -0.4 is 10.1 Å². The van der Waals surface area contributed by atoms with Gasteiger partial charge in [-0.15, -0.1) is 0 Å². The summed E-state index contributed by atoms with van der Waals surface area (Å²) in [4.78, 5) is 12.4. The number of hydrogen-bond acceptors (Lipinski definition) is 3. The molecule has 1 aromatic carbocycles. The zero-order chi connectivity index (χ0) is 16.2. The van der Waals surface area contributed by atoms with Crippen LogP contribution in [0.3, 0.4) is 0 Å². The number of amides is 1. The Hall–Kier alpha value is -2.69. The Morgan fingerprint density at radius 1 is 1.30 bits per heavy atom. The molecule has 0 saturated heterocycles. The fourth-order valence-electron chi connectivity index (χ4n) is 2.67. The maximum atomic E-state index is 12.4. The molecular formula is C18H20N2O3. The standard InChI is InChI=1S/C18H20N2O3/c1-3-9-19-18(21)15-11-17-14(8-10-23-17)20(15)12-13-6-4-5-7-16(13)22-2/h4-8,10-11H,3,9,12H2,1-2H3,(H,19,21). The highest BCUT2D eigenvalue weighted by Gasteiger charge is 2.18. The van der Waals surface area contributed by atoms with Gasteiger partial charge in [-0.3, -0.25) is 4.79 Å². The molecule has 1 N–H and O–H groups in total. The first kappa shape index (κ1) is 15.2. The van der Waals surface area contributed by atoms with Gasteiger partial charge in [0.2, 0.25) is 0 Å². The Balaban J connectivity index is 2.01. The van der Waals surface area contributed by atoms with Crippen molar-refractivity contribution in [3.63, 3.8) is 0 Å². The Morgan fingerprint density at radius 3 is 2.91 bits per heavy atom. The minimum absolute atomic E-state index is 0.0897. The van der Waals surface area contributed by atoms with Gasteiger partial charge in [0.05, 0.1) is 25.4 Å². The molecule has 0 spiro atoms. The van der Waals surface area contributed by atoms with Gasteiger partial charge in [0, 0.05) is 24.2 Å². The number of aromatic nitrogens is 1. The van der Waals surface area contributed by atoms with Crippen molar-refractivity contribution >= 4 is 17.0 Å². The summed E-state index contributed by atoms with van der Waals surface area (Å²) in [6.45, 7) is 3.22. The lowest BCUT2D eigenvalue weighted by molar-refractivity contribution is 0.0945. The van der Waals surface area contributed by atoms with Gasteiger partial charge in [-0.1, -0.05) is 25.1 Å². The number of para-hydroxylation sites is 1. The number of nitrogens with zero attached hydrogens (tertiary/aromatic N) is 1. The minimum Gasteiger partial charge on any atom is -0.496 e. The van der Waals surface area contributed by atoms with Gasteiger partial charge in [0.1, 0.15) is 11.4 Å². The minimum atomic E-state index is -0.0897. The maximum absolute atomic E-state index is 12.4. The largest absolute Gasteiger partial charge is 0.496 e. The summed E-state index contributed by atoms with van der Waals surface area (Å²) in [5.41, 5.74) is 3.22. The first-order valence-corrected chi connectivity index (χ1v) is 7.71. The van der Waals surface area contributed by atoms with E-state index >= 15 is 0 Å². The zero-order valence-electron chi connectivity index (χ0n) is 13.3. The lowest BCUT2D eigenvalue weighted by atomic mass is 10.2. The van der Waals surface area contributed by atoms with Gasteiger partial charge in [-0.2, -0.15) is 0 Å². The highest BCUT2D eigenvalue weighted by Crippen LogP contribution is 2.25. The van der Waals surface area contributed by atoms with Gasteiger partial charge in [-0.25, -0.2) is 0 Å². The third kappa shape index (κ3) is 2.95. The lowest BCUT2D eigenvalue weighted by Crippen LogP contribution is -2.26. The molecule has 3 aromatic rings. The Labute approximate surface area is 134 Å². The summed E-state index contributed by atoms with van der Waals surface area (Å²) in [5.74, 6) is 0.714. The van der Waals surface area contributed by atoms with Crippen LogP contribution in [-0.4, -0.2) is 24.1 Å². The Morgan fingerprint density at radius 2 is 2.13 bits per heavy atom. The Kier molecular flexibility index (Phi) is 4.37. The average Bonchev–Trinajstić information content (AvgIpc) is 3.15. The molecule has 0 radical (unpaired) electrons. The smallest absolute Gasteiger partial charge is 0.268 e. The van der Waals surface area contributed by atoms with E-state index in [1.165, 1.54) is 0 Å². The first-order valence-electron chi connectivity index (χ1n) is 7.71. The molecule has 5 heteroatoms. The second-order valence-electron chi connectivity index (χ2n) is 5.35. The molecule has 0 unspecified atom stereocenters. The number of methoxy groups -OCH3 is 1. The first-order chi connectivity index (χ1) is 11.2. The molecule has 2 heterocycles. The van der Waals surface area contributed by atoms with Crippen LogP contribution >= 0.6 is 0 Å². The van der Waals surface area contributed by atoms with E-state index in [1.54, 1.807) is 19.4 Å². The number of benzene rings is 1. The van der Waals surface area contributed by atoms with E-state index in [0.29, 0.717) is 24.4 Å². The molecule has 0 aliphatic carbocycles. The van der Waals surface area contributed by atoms with Crippen molar-refractivity contribution in [3.8, 4) is 5.75 Å². The van der Waals surface area contributed by atoms with Crippen molar-refractivity contribution in [2.45, 2.75) is 19.9 Å². The summed E-state index contributed by atoms with van der Waals surface area (Å²) < 4.78 is 12.8. The number of rotatable bonds is 6. The van der Waals surface area contributed by atoms with Crippen LogP contribution in [-0.2, 0) is 6.54 Å². The molecule has 0 fully saturated rings. The molecule has 0 saturated carbocycles. The average molecular weight is 312 g/mol. The van der Waals surface area contributed by atoms with Crippen molar-refractivity contribution in [2.24, 2.45) is 0 Å². The van der Waals surface area contributed by atoms with Crippen molar-refractivity contribution in [3.05, 3.63) is 53.9 Å². The summed E-state index contributed by atoms with van der Waals surface area (Å²) in [6.07, 6.45) is 2.53. The van der Waals surface area contributed by atoms with E-state index < -0.39 is 0 Å². The lowest BCUT2D eigenvalue weighted by Gasteiger charge is -2.13. The molecule has 2 aromatic heterocycles. The van der Waals surface area contributed by atoms with Crippen LogP contribution in [0.4, 0.5) is 0 Å². The number of carbonyl (C=O) groups excluding carboxylic acids is 1. The third-order valence-electron chi connectivity index (χ3n) is 3.81. The number of carbonyl (C=O) groups is 1. The van der Waals surface area contributed by atoms with Crippen LogP contribution in [0.1, 0.15) is 29.4 Å². The normalized spacial score (nSPS) is 10.9. The molecule has 1 amide bonds. The number of ether oxygens (including phenoxy) is 1. The zero-order valence-corrected chi connectivity index (χ0v) is 13.3. The molecule has 0 aliphatic rings. The van der Waals surface area contributed by atoms with E-state index in [9.17, 15) is 4.79 Å². The van der Waals surface area contributed by atoms with Gasteiger partial charge in [-0.05, 0) is 12.5 Å². The molecule has 5 nitrogen and oxygen atoms in total. The van der Waals surface area contributed by atoms with Gasteiger partial charge in [0.15, 0.2) is 5.58 Å². The van der Waals surface area contributed by atoms with E-state index in [2.05, 4.69) is 5.32 Å². The topological polar surface area (TPSA) is 56.4 Å². The van der Waals surface area contributed by atoms with E-state index in [4.69, 9.17) is 9.15 Å². The fraction of sp³-hybridized carbons (Fsp3) is 0.278. The van der Waals surface area contributed by atoms with Crippen LogP contribution in [0.2, 0.25) is 0 Å². The SMILES string of the molecule is CCCNC(=O)c1cc2occc2n1Cc1ccccc1OC. The Bertz CT molecular complexity index is 817. The molecule has 120 valence electrons. The molecule has 0 aliphatic heterocycles. The van der Waals surface area contributed by atoms with E-state index in [1.807, 2.05) is 41.8 Å². The quantitative estimate of drug-likeness (QED) is 0.758. The number of fused-ring (bicyclic) bond motifs is 1. The summed E-state index contributed by atoms with van der Waals surface area (Å²) in [7, 11) is 1.65. The highest BCUT2D eigenvalue weighted by molar-refractivity contribution is 5.97. The van der Waals surface area contributed by atoms with Crippen LogP contribution in [0.25, 0.3) is 11.1 Å². The second kappa shape index (κ2) is 6.60. The molecule has 23 heavy (non-hydrogen) atoms. The van der Waals surface area contributed by atoms with Gasteiger partial charge in [0.25, 0.3) is 5.91 Å². The van der Waals surface area contributed by atoms with E-state index in [-0.39, 0.29) is 5.91 Å². The fourth-order valence-corrected chi connectivity index (χ4v) is 2.67. The molecule has 0 atom stereocenters. The van der Waals surface area contributed by atoms with Crippen molar-refractivity contribution < 1.29 is 13.9 Å².